The predicted octanol–water partition coefficient (Wildman–Crippen LogP) is 3.75. The number of thiazole rings is 1. The minimum absolute atomic E-state index is 0.0823. The number of rotatable bonds is 4. The lowest BCUT2D eigenvalue weighted by Crippen LogP contribution is -2.42. The highest BCUT2D eigenvalue weighted by Gasteiger charge is 2.14. The maximum atomic E-state index is 13.7. The Labute approximate surface area is 162 Å². The fourth-order valence-electron chi connectivity index (χ4n) is 2.19. The zero-order chi connectivity index (χ0) is 19.4. The van der Waals surface area contributed by atoms with Crippen molar-refractivity contribution in [3.63, 3.8) is 0 Å². The Bertz CT molecular complexity index is 993. The molecule has 0 atom stereocenters. The van der Waals surface area contributed by atoms with Gasteiger partial charge in [0.2, 0.25) is 5.91 Å². The molecule has 9 heteroatoms. The van der Waals surface area contributed by atoms with Gasteiger partial charge in [-0.25, -0.2) is 13.8 Å². The van der Waals surface area contributed by atoms with Crippen LogP contribution in [0.2, 0.25) is 5.02 Å². The zero-order valence-corrected chi connectivity index (χ0v) is 15.2. The lowest BCUT2D eigenvalue weighted by Gasteiger charge is -2.07. The van der Waals surface area contributed by atoms with Gasteiger partial charge in [0.25, 0.3) is 5.91 Å². The summed E-state index contributed by atoms with van der Waals surface area (Å²) in [6, 6.07) is 9.44. The molecule has 0 spiro atoms. The first kappa shape index (κ1) is 18.9. The molecule has 27 heavy (non-hydrogen) atoms. The number of hydrogen-bond acceptors (Lipinski definition) is 4. The van der Waals surface area contributed by atoms with Crippen LogP contribution in [-0.4, -0.2) is 16.8 Å². The molecule has 0 aliphatic rings. The highest BCUT2D eigenvalue weighted by atomic mass is 35.5. The van der Waals surface area contributed by atoms with Crippen molar-refractivity contribution in [1.29, 1.82) is 0 Å². The standard InChI is InChI=1S/C18H12ClF2N3O2S/c19-11-3-6-14(15(21)7-11)17(26)24-23-16(25)8-13-9-27-18(22-13)10-1-4-12(20)5-2-10/h1-7,9H,8H2,(H,23,25)(H,24,26). The van der Waals surface area contributed by atoms with Crippen LogP contribution < -0.4 is 10.9 Å². The summed E-state index contributed by atoms with van der Waals surface area (Å²) in [5, 5.41) is 2.50. The molecule has 1 heterocycles. The number of benzene rings is 2. The van der Waals surface area contributed by atoms with E-state index in [4.69, 9.17) is 11.6 Å². The Morgan fingerprint density at radius 3 is 2.52 bits per heavy atom. The second-order valence-corrected chi connectivity index (χ2v) is 6.75. The number of hydrazine groups is 1. The van der Waals surface area contributed by atoms with Crippen molar-refractivity contribution >= 4 is 34.8 Å². The van der Waals surface area contributed by atoms with Gasteiger partial charge in [0, 0.05) is 16.0 Å². The number of hydrogen-bond donors (Lipinski definition) is 2. The summed E-state index contributed by atoms with van der Waals surface area (Å²) in [6.07, 6.45) is -0.0823. The number of amides is 2. The molecule has 0 aliphatic carbocycles. The van der Waals surface area contributed by atoms with E-state index in [2.05, 4.69) is 15.8 Å². The number of carbonyl (C=O) groups excluding carboxylic acids is 2. The minimum atomic E-state index is -0.803. The largest absolute Gasteiger partial charge is 0.273 e. The summed E-state index contributed by atoms with van der Waals surface area (Å²) in [5.74, 6) is -2.46. The van der Waals surface area contributed by atoms with E-state index in [1.54, 1.807) is 17.5 Å². The maximum Gasteiger partial charge on any atom is 0.272 e. The number of nitrogens with zero attached hydrogens (tertiary/aromatic N) is 1. The molecular formula is C18H12ClF2N3O2S. The van der Waals surface area contributed by atoms with E-state index in [1.807, 2.05) is 0 Å². The predicted molar refractivity (Wildman–Crippen MR) is 98.2 cm³/mol. The van der Waals surface area contributed by atoms with Crippen LogP contribution in [0.5, 0.6) is 0 Å². The summed E-state index contributed by atoms with van der Waals surface area (Å²) < 4.78 is 26.6. The number of halogens is 3. The lowest BCUT2D eigenvalue weighted by atomic mass is 10.2. The second kappa shape index (κ2) is 8.24. The van der Waals surface area contributed by atoms with E-state index < -0.39 is 17.6 Å². The average Bonchev–Trinajstić information content (AvgIpc) is 3.08. The summed E-state index contributed by atoms with van der Waals surface area (Å²) in [7, 11) is 0. The van der Waals surface area contributed by atoms with Crippen molar-refractivity contribution in [2.24, 2.45) is 0 Å². The molecule has 3 rings (SSSR count). The van der Waals surface area contributed by atoms with Crippen LogP contribution in [0.3, 0.4) is 0 Å². The molecule has 0 radical (unpaired) electrons. The fraction of sp³-hybridized carbons (Fsp3) is 0.0556. The molecule has 2 aromatic carbocycles. The maximum absolute atomic E-state index is 13.7. The minimum Gasteiger partial charge on any atom is -0.273 e. The number of aromatic nitrogens is 1. The number of nitrogens with one attached hydrogen (secondary N) is 2. The quantitative estimate of drug-likeness (QED) is 0.647. The Hall–Kier alpha value is -2.84. The van der Waals surface area contributed by atoms with Crippen LogP contribution in [0.1, 0.15) is 16.1 Å². The van der Waals surface area contributed by atoms with Crippen LogP contribution in [0, 0.1) is 11.6 Å². The molecule has 0 unspecified atom stereocenters. The first-order valence-electron chi connectivity index (χ1n) is 7.67. The third kappa shape index (κ3) is 4.87. The van der Waals surface area contributed by atoms with E-state index in [-0.39, 0.29) is 22.8 Å². The van der Waals surface area contributed by atoms with Crippen LogP contribution in [-0.2, 0) is 11.2 Å². The smallest absolute Gasteiger partial charge is 0.272 e. The van der Waals surface area contributed by atoms with Gasteiger partial charge in [-0.15, -0.1) is 11.3 Å². The normalized spacial score (nSPS) is 10.5. The van der Waals surface area contributed by atoms with Crippen molar-refractivity contribution in [2.45, 2.75) is 6.42 Å². The van der Waals surface area contributed by atoms with E-state index in [0.717, 1.165) is 11.6 Å². The first-order chi connectivity index (χ1) is 12.9. The van der Waals surface area contributed by atoms with Crippen molar-refractivity contribution in [1.82, 2.24) is 15.8 Å². The van der Waals surface area contributed by atoms with E-state index >= 15 is 0 Å². The van der Waals surface area contributed by atoms with Crippen LogP contribution in [0.25, 0.3) is 10.6 Å². The molecule has 0 fully saturated rings. The van der Waals surface area contributed by atoms with E-state index in [9.17, 15) is 18.4 Å². The van der Waals surface area contributed by atoms with Gasteiger partial charge >= 0.3 is 0 Å². The molecule has 0 saturated heterocycles. The highest BCUT2D eigenvalue weighted by molar-refractivity contribution is 7.13. The van der Waals surface area contributed by atoms with Gasteiger partial charge in [-0.05, 0) is 42.5 Å². The van der Waals surface area contributed by atoms with Crippen molar-refractivity contribution in [2.75, 3.05) is 0 Å². The topological polar surface area (TPSA) is 71.1 Å². The molecule has 3 aromatic rings. The average molecular weight is 408 g/mol. The Balaban J connectivity index is 1.56. The molecule has 138 valence electrons. The third-order valence-corrected chi connectivity index (χ3v) is 4.65. The molecule has 0 bridgehead atoms. The molecule has 2 N–H and O–H groups in total. The molecule has 2 amide bonds. The van der Waals surface area contributed by atoms with E-state index in [1.165, 1.54) is 35.6 Å². The van der Waals surface area contributed by atoms with Crippen molar-refractivity contribution in [3.05, 3.63) is 75.8 Å². The summed E-state index contributed by atoms with van der Waals surface area (Å²) in [4.78, 5) is 28.2. The molecule has 0 saturated carbocycles. The molecule has 1 aromatic heterocycles. The zero-order valence-electron chi connectivity index (χ0n) is 13.6. The fourth-order valence-corrected chi connectivity index (χ4v) is 3.17. The van der Waals surface area contributed by atoms with Crippen molar-refractivity contribution in [3.8, 4) is 10.6 Å². The van der Waals surface area contributed by atoms with Gasteiger partial charge in [-0.1, -0.05) is 11.6 Å². The highest BCUT2D eigenvalue weighted by Crippen LogP contribution is 2.24. The van der Waals surface area contributed by atoms with E-state index in [0.29, 0.717) is 10.7 Å². The molecular weight excluding hydrogens is 396 g/mol. The Morgan fingerprint density at radius 1 is 1.07 bits per heavy atom. The van der Waals surface area contributed by atoms with Gasteiger partial charge in [-0.3, -0.25) is 20.4 Å². The van der Waals surface area contributed by atoms with Crippen molar-refractivity contribution < 1.29 is 18.4 Å². The van der Waals surface area contributed by atoms with Gasteiger partial charge in [0.1, 0.15) is 16.6 Å². The Kier molecular flexibility index (Phi) is 5.78. The van der Waals surface area contributed by atoms with Gasteiger partial charge in [0.05, 0.1) is 17.7 Å². The first-order valence-corrected chi connectivity index (χ1v) is 8.93. The van der Waals surface area contributed by atoms with Gasteiger partial charge in [0.15, 0.2) is 0 Å². The van der Waals surface area contributed by atoms with Crippen LogP contribution >= 0.6 is 22.9 Å². The third-order valence-electron chi connectivity index (χ3n) is 3.48. The molecule has 0 aliphatic heterocycles. The van der Waals surface area contributed by atoms with Gasteiger partial charge < -0.3 is 0 Å². The van der Waals surface area contributed by atoms with Crippen LogP contribution in [0.15, 0.2) is 47.8 Å². The Morgan fingerprint density at radius 2 is 1.81 bits per heavy atom. The number of carbonyl (C=O) groups is 2. The second-order valence-electron chi connectivity index (χ2n) is 5.45. The van der Waals surface area contributed by atoms with Crippen LogP contribution in [0.4, 0.5) is 8.78 Å². The summed E-state index contributed by atoms with van der Waals surface area (Å²) >= 11 is 6.94. The lowest BCUT2D eigenvalue weighted by molar-refractivity contribution is -0.121. The van der Waals surface area contributed by atoms with Gasteiger partial charge in [-0.2, -0.15) is 0 Å². The molecule has 5 nitrogen and oxygen atoms in total. The summed E-state index contributed by atoms with van der Waals surface area (Å²) in [5.41, 5.74) is 5.32. The summed E-state index contributed by atoms with van der Waals surface area (Å²) in [6.45, 7) is 0. The monoisotopic (exact) mass is 407 g/mol. The SMILES string of the molecule is O=C(Cc1csc(-c2ccc(F)cc2)n1)NNC(=O)c1ccc(Cl)cc1F.